The summed E-state index contributed by atoms with van der Waals surface area (Å²) >= 11 is 0. The van der Waals surface area contributed by atoms with Crippen LogP contribution in [0, 0.1) is 0 Å². The van der Waals surface area contributed by atoms with Crippen molar-refractivity contribution in [2.24, 2.45) is 0 Å². The van der Waals surface area contributed by atoms with E-state index >= 15 is 0 Å². The molecule has 1 saturated carbocycles. The average molecular weight is 297 g/mol. The summed E-state index contributed by atoms with van der Waals surface area (Å²) in [6.45, 7) is 0.744. The van der Waals surface area contributed by atoms with Gasteiger partial charge in [-0.25, -0.2) is 8.42 Å². The Kier molecular flexibility index (Phi) is 4.70. The zero-order valence-electron chi connectivity index (χ0n) is 12.4. The molecule has 0 spiro atoms. The highest BCUT2D eigenvalue weighted by Gasteiger charge is 2.36. The molecule has 1 aromatic carbocycles. The van der Waals surface area contributed by atoms with Crippen molar-refractivity contribution in [1.29, 1.82) is 0 Å². The van der Waals surface area contributed by atoms with E-state index in [1.807, 2.05) is 31.3 Å². The minimum atomic E-state index is -2.97. The van der Waals surface area contributed by atoms with E-state index in [0.717, 1.165) is 37.1 Å². The molecule has 1 fully saturated rings. The Morgan fingerprint density at radius 1 is 1.35 bits per heavy atom. The molecule has 5 heteroatoms. The number of sulfone groups is 1. The first-order valence-corrected chi connectivity index (χ1v) is 8.89. The van der Waals surface area contributed by atoms with Gasteiger partial charge in [-0.1, -0.05) is 18.6 Å². The molecule has 0 radical (unpaired) electrons. The van der Waals surface area contributed by atoms with E-state index in [1.165, 1.54) is 6.26 Å². The van der Waals surface area contributed by atoms with Crippen LogP contribution >= 0.6 is 0 Å². The van der Waals surface area contributed by atoms with Gasteiger partial charge in [0.2, 0.25) is 0 Å². The van der Waals surface area contributed by atoms with Crippen LogP contribution in [0.15, 0.2) is 24.3 Å². The lowest BCUT2D eigenvalue weighted by atomic mass is 10.1. The first-order valence-electron chi connectivity index (χ1n) is 6.94. The molecule has 0 bridgehead atoms. The summed E-state index contributed by atoms with van der Waals surface area (Å²) in [5.41, 5.74) is 1.14. The third-order valence-electron chi connectivity index (χ3n) is 4.10. The Morgan fingerprint density at radius 3 is 2.75 bits per heavy atom. The molecule has 0 saturated heterocycles. The maximum Gasteiger partial charge on any atom is 0.151 e. The zero-order chi connectivity index (χ0) is 14.8. The highest BCUT2D eigenvalue weighted by Crippen LogP contribution is 2.29. The zero-order valence-corrected chi connectivity index (χ0v) is 13.2. The molecule has 1 aromatic rings. The molecule has 0 heterocycles. The third-order valence-corrected chi connectivity index (χ3v) is 5.75. The summed E-state index contributed by atoms with van der Waals surface area (Å²) in [5.74, 6) is 0.835. The Labute approximate surface area is 121 Å². The van der Waals surface area contributed by atoms with Crippen molar-refractivity contribution in [3.63, 3.8) is 0 Å². The molecule has 1 aliphatic rings. The van der Waals surface area contributed by atoms with E-state index in [0.29, 0.717) is 0 Å². The molecule has 112 valence electrons. The number of benzene rings is 1. The lowest BCUT2D eigenvalue weighted by molar-refractivity contribution is 0.238. The smallest absolute Gasteiger partial charge is 0.151 e. The van der Waals surface area contributed by atoms with Gasteiger partial charge in [0, 0.05) is 18.8 Å². The highest BCUT2D eigenvalue weighted by atomic mass is 32.2. The van der Waals surface area contributed by atoms with E-state index < -0.39 is 9.84 Å². The largest absolute Gasteiger partial charge is 0.497 e. The van der Waals surface area contributed by atoms with Gasteiger partial charge in [0.15, 0.2) is 9.84 Å². The summed E-state index contributed by atoms with van der Waals surface area (Å²) < 4.78 is 28.9. The van der Waals surface area contributed by atoms with Crippen molar-refractivity contribution in [3.05, 3.63) is 29.8 Å². The molecule has 0 aliphatic heterocycles. The second kappa shape index (κ2) is 6.14. The van der Waals surface area contributed by atoms with Crippen molar-refractivity contribution in [2.45, 2.75) is 37.1 Å². The number of hydrogen-bond acceptors (Lipinski definition) is 4. The van der Waals surface area contributed by atoms with Crippen molar-refractivity contribution in [3.8, 4) is 5.75 Å². The maximum absolute atomic E-state index is 11.9. The Morgan fingerprint density at radius 2 is 2.10 bits per heavy atom. The van der Waals surface area contributed by atoms with Crippen LogP contribution in [0.1, 0.15) is 24.8 Å². The fourth-order valence-corrected chi connectivity index (χ4v) is 4.60. The fourth-order valence-electron chi connectivity index (χ4n) is 3.09. The van der Waals surface area contributed by atoms with Crippen LogP contribution in [0.2, 0.25) is 0 Å². The first kappa shape index (κ1) is 15.3. The lowest BCUT2D eigenvalue weighted by Crippen LogP contribution is -2.40. The molecule has 0 aromatic heterocycles. The number of rotatable bonds is 5. The van der Waals surface area contributed by atoms with Crippen LogP contribution in [-0.2, 0) is 16.4 Å². The second-order valence-electron chi connectivity index (χ2n) is 5.63. The lowest BCUT2D eigenvalue weighted by Gasteiger charge is -2.28. The van der Waals surface area contributed by atoms with E-state index in [2.05, 4.69) is 4.90 Å². The second-order valence-corrected chi connectivity index (χ2v) is 7.90. The normalized spacial score (nSPS) is 23.2. The van der Waals surface area contributed by atoms with Crippen LogP contribution in [-0.4, -0.2) is 45.0 Å². The SMILES string of the molecule is COc1cccc(CN(C)[C@H]2CCC[C@@H]2S(C)(=O)=O)c1. The molecule has 0 unspecified atom stereocenters. The molecular formula is C15H23NO3S. The Balaban J connectivity index is 2.09. The molecule has 0 N–H and O–H groups in total. The van der Waals surface area contributed by atoms with Gasteiger partial charge < -0.3 is 4.74 Å². The number of methoxy groups -OCH3 is 1. The van der Waals surface area contributed by atoms with Gasteiger partial charge in [0.25, 0.3) is 0 Å². The minimum Gasteiger partial charge on any atom is -0.497 e. The molecule has 20 heavy (non-hydrogen) atoms. The van der Waals surface area contributed by atoms with Gasteiger partial charge in [-0.2, -0.15) is 0 Å². The molecular weight excluding hydrogens is 274 g/mol. The fraction of sp³-hybridized carbons (Fsp3) is 0.600. The van der Waals surface area contributed by atoms with Gasteiger partial charge in [-0.15, -0.1) is 0 Å². The molecule has 2 rings (SSSR count). The van der Waals surface area contributed by atoms with Crippen LogP contribution in [0.25, 0.3) is 0 Å². The van der Waals surface area contributed by atoms with Gasteiger partial charge >= 0.3 is 0 Å². The first-order chi connectivity index (χ1) is 9.41. The van der Waals surface area contributed by atoms with E-state index in [1.54, 1.807) is 7.11 Å². The number of hydrogen-bond donors (Lipinski definition) is 0. The van der Waals surface area contributed by atoms with Crippen molar-refractivity contribution >= 4 is 9.84 Å². The van der Waals surface area contributed by atoms with Crippen LogP contribution in [0.4, 0.5) is 0 Å². The monoisotopic (exact) mass is 297 g/mol. The summed E-state index contributed by atoms with van der Waals surface area (Å²) in [4.78, 5) is 2.16. The van der Waals surface area contributed by atoms with Gasteiger partial charge in [0.1, 0.15) is 5.75 Å². The highest BCUT2D eigenvalue weighted by molar-refractivity contribution is 7.91. The van der Waals surface area contributed by atoms with E-state index in [9.17, 15) is 8.42 Å². The average Bonchev–Trinajstić information content (AvgIpc) is 2.88. The quantitative estimate of drug-likeness (QED) is 0.835. The summed E-state index contributed by atoms with van der Waals surface area (Å²) in [7, 11) is 0.692. The predicted octanol–water partition coefficient (Wildman–Crippen LogP) is 2.09. The number of ether oxygens (including phenoxy) is 1. The van der Waals surface area contributed by atoms with E-state index in [-0.39, 0.29) is 11.3 Å². The Bertz CT molecular complexity index is 556. The maximum atomic E-state index is 11.9. The van der Waals surface area contributed by atoms with Crippen molar-refractivity contribution in [1.82, 2.24) is 4.90 Å². The molecule has 0 amide bonds. The van der Waals surface area contributed by atoms with E-state index in [4.69, 9.17) is 4.74 Å². The van der Waals surface area contributed by atoms with Crippen LogP contribution in [0.3, 0.4) is 0 Å². The predicted molar refractivity (Wildman–Crippen MR) is 80.7 cm³/mol. The standard InChI is InChI=1S/C15H23NO3S/c1-16(11-12-6-4-7-13(10-12)19-2)14-8-5-9-15(14)20(3,17)18/h4,6-7,10,14-15H,5,8-9,11H2,1-3H3/t14-,15-/m0/s1. The van der Waals surface area contributed by atoms with Crippen LogP contribution < -0.4 is 4.74 Å². The van der Waals surface area contributed by atoms with Crippen LogP contribution in [0.5, 0.6) is 5.75 Å². The molecule has 1 aliphatic carbocycles. The summed E-state index contributed by atoms with van der Waals surface area (Å²) in [5, 5.41) is -0.224. The minimum absolute atomic E-state index is 0.121. The van der Waals surface area contributed by atoms with Gasteiger partial charge in [0.05, 0.1) is 12.4 Å². The van der Waals surface area contributed by atoms with Crippen molar-refractivity contribution in [2.75, 3.05) is 20.4 Å². The summed E-state index contributed by atoms with van der Waals surface area (Å²) in [6.07, 6.45) is 4.09. The van der Waals surface area contributed by atoms with Crippen molar-refractivity contribution < 1.29 is 13.2 Å². The molecule has 4 nitrogen and oxygen atoms in total. The number of nitrogens with zero attached hydrogens (tertiary/aromatic N) is 1. The Hall–Kier alpha value is -1.07. The summed E-state index contributed by atoms with van der Waals surface area (Å²) in [6, 6.07) is 8.05. The third kappa shape index (κ3) is 3.52. The topological polar surface area (TPSA) is 46.6 Å². The molecule has 2 atom stereocenters. The van der Waals surface area contributed by atoms with Gasteiger partial charge in [-0.3, -0.25) is 4.90 Å². The van der Waals surface area contributed by atoms with Gasteiger partial charge in [-0.05, 0) is 37.6 Å².